The van der Waals surface area contributed by atoms with Crippen LogP contribution in [0.2, 0.25) is 0 Å². The smallest absolute Gasteiger partial charge is 0.343 e. The molecule has 0 aliphatic carbocycles. The van der Waals surface area contributed by atoms with Gasteiger partial charge in [-0.25, -0.2) is 9.48 Å². The Kier molecular flexibility index (Phi) is 4.39. The Bertz CT molecular complexity index is 894. The average molecular weight is 317 g/mol. The molecule has 0 saturated heterocycles. The molecule has 0 amide bonds. The second-order valence-corrected chi connectivity index (χ2v) is 5.02. The van der Waals surface area contributed by atoms with E-state index in [2.05, 4.69) is 5.10 Å². The third-order valence-electron chi connectivity index (χ3n) is 3.52. The minimum Gasteiger partial charge on any atom is -0.462 e. The highest BCUT2D eigenvalue weighted by atomic mass is 16.5. The van der Waals surface area contributed by atoms with E-state index in [9.17, 15) is 10.1 Å². The van der Waals surface area contributed by atoms with Crippen LogP contribution >= 0.6 is 0 Å². The van der Waals surface area contributed by atoms with Crippen LogP contribution in [0.4, 0.5) is 0 Å². The fourth-order valence-corrected chi connectivity index (χ4v) is 2.51. The van der Waals surface area contributed by atoms with Crippen molar-refractivity contribution in [1.82, 2.24) is 9.78 Å². The quantitative estimate of drug-likeness (QED) is 0.690. The number of para-hydroxylation sites is 1. The normalized spacial score (nSPS) is 10.2. The molecule has 1 heterocycles. The molecule has 3 aromatic rings. The van der Waals surface area contributed by atoms with Crippen molar-refractivity contribution in [2.75, 3.05) is 6.61 Å². The van der Waals surface area contributed by atoms with E-state index >= 15 is 0 Å². The van der Waals surface area contributed by atoms with Gasteiger partial charge in [0.2, 0.25) is 0 Å². The van der Waals surface area contributed by atoms with E-state index in [4.69, 9.17) is 4.74 Å². The molecule has 0 unspecified atom stereocenters. The predicted octanol–water partition coefficient (Wildman–Crippen LogP) is 3.59. The number of aromatic nitrogens is 2. The number of benzene rings is 2. The summed E-state index contributed by atoms with van der Waals surface area (Å²) in [5, 5.41) is 13.8. The van der Waals surface area contributed by atoms with E-state index in [1.54, 1.807) is 11.6 Å². The Labute approximate surface area is 139 Å². The SMILES string of the molecule is CCOC(=O)c1c(C#N)nn(-c2ccccc2)c1-c1ccccc1. The first-order valence-electron chi connectivity index (χ1n) is 7.57. The summed E-state index contributed by atoms with van der Waals surface area (Å²) in [6, 6.07) is 20.8. The van der Waals surface area contributed by atoms with Gasteiger partial charge in [-0.2, -0.15) is 10.4 Å². The molecule has 2 aromatic carbocycles. The second kappa shape index (κ2) is 6.80. The lowest BCUT2D eigenvalue weighted by Crippen LogP contribution is -2.08. The Morgan fingerprint density at radius 3 is 2.33 bits per heavy atom. The molecule has 24 heavy (non-hydrogen) atoms. The maximum atomic E-state index is 12.4. The number of nitriles is 1. The lowest BCUT2D eigenvalue weighted by Gasteiger charge is -2.09. The zero-order valence-corrected chi connectivity index (χ0v) is 13.1. The van der Waals surface area contributed by atoms with E-state index in [1.165, 1.54) is 0 Å². The van der Waals surface area contributed by atoms with Crippen LogP contribution in [-0.4, -0.2) is 22.4 Å². The number of carbonyl (C=O) groups is 1. The summed E-state index contributed by atoms with van der Waals surface area (Å²) in [6.07, 6.45) is 0. The Morgan fingerprint density at radius 1 is 1.12 bits per heavy atom. The summed E-state index contributed by atoms with van der Waals surface area (Å²) in [7, 11) is 0. The van der Waals surface area contributed by atoms with Crippen LogP contribution in [0.15, 0.2) is 60.7 Å². The molecule has 5 nitrogen and oxygen atoms in total. The molecule has 0 N–H and O–H groups in total. The van der Waals surface area contributed by atoms with Crippen molar-refractivity contribution in [2.45, 2.75) is 6.92 Å². The van der Waals surface area contributed by atoms with Crippen LogP contribution in [0.1, 0.15) is 23.0 Å². The summed E-state index contributed by atoms with van der Waals surface area (Å²) in [6.45, 7) is 1.96. The number of hydrogen-bond acceptors (Lipinski definition) is 4. The van der Waals surface area contributed by atoms with E-state index < -0.39 is 5.97 Å². The van der Waals surface area contributed by atoms with Crippen molar-refractivity contribution >= 4 is 5.97 Å². The molecule has 0 aliphatic rings. The fraction of sp³-hybridized carbons (Fsp3) is 0.105. The lowest BCUT2D eigenvalue weighted by molar-refractivity contribution is 0.0527. The highest BCUT2D eigenvalue weighted by Gasteiger charge is 2.26. The van der Waals surface area contributed by atoms with Crippen LogP contribution in [-0.2, 0) is 4.74 Å². The van der Waals surface area contributed by atoms with Crippen molar-refractivity contribution in [2.24, 2.45) is 0 Å². The molecule has 0 aliphatic heterocycles. The summed E-state index contributed by atoms with van der Waals surface area (Å²) in [5.41, 5.74) is 2.35. The number of carbonyl (C=O) groups excluding carboxylic acids is 1. The summed E-state index contributed by atoms with van der Waals surface area (Å²) < 4.78 is 6.75. The van der Waals surface area contributed by atoms with Crippen LogP contribution in [0, 0.1) is 11.3 Å². The summed E-state index contributed by atoms with van der Waals surface area (Å²) in [5.74, 6) is -0.546. The largest absolute Gasteiger partial charge is 0.462 e. The van der Waals surface area contributed by atoms with E-state index in [0.717, 1.165) is 11.3 Å². The highest BCUT2D eigenvalue weighted by molar-refractivity contribution is 5.99. The van der Waals surface area contributed by atoms with Crippen molar-refractivity contribution in [3.8, 4) is 23.0 Å². The van der Waals surface area contributed by atoms with Crippen molar-refractivity contribution < 1.29 is 9.53 Å². The number of hydrogen-bond donors (Lipinski definition) is 0. The molecule has 3 rings (SSSR count). The molecule has 0 atom stereocenters. The highest BCUT2D eigenvalue weighted by Crippen LogP contribution is 2.29. The molecular formula is C19H15N3O2. The lowest BCUT2D eigenvalue weighted by atomic mass is 10.1. The molecule has 5 heteroatoms. The molecule has 0 radical (unpaired) electrons. The van der Waals surface area contributed by atoms with Crippen molar-refractivity contribution in [3.63, 3.8) is 0 Å². The fourth-order valence-electron chi connectivity index (χ4n) is 2.51. The molecule has 0 fully saturated rings. The van der Waals surface area contributed by atoms with Crippen LogP contribution in [0.5, 0.6) is 0 Å². The molecular weight excluding hydrogens is 302 g/mol. The third kappa shape index (κ3) is 2.77. The van der Waals surface area contributed by atoms with Gasteiger partial charge >= 0.3 is 5.97 Å². The summed E-state index contributed by atoms with van der Waals surface area (Å²) >= 11 is 0. The number of esters is 1. The number of rotatable bonds is 4. The molecule has 0 saturated carbocycles. The number of ether oxygens (including phenoxy) is 1. The van der Waals surface area contributed by atoms with Gasteiger partial charge < -0.3 is 4.74 Å². The van der Waals surface area contributed by atoms with Crippen molar-refractivity contribution in [1.29, 1.82) is 5.26 Å². The Morgan fingerprint density at radius 2 is 1.75 bits per heavy atom. The van der Waals surface area contributed by atoms with Crippen molar-refractivity contribution in [3.05, 3.63) is 71.9 Å². The minimum absolute atomic E-state index is 0.0520. The second-order valence-electron chi connectivity index (χ2n) is 5.02. The minimum atomic E-state index is -0.546. The first-order chi connectivity index (χ1) is 11.8. The Hall–Kier alpha value is -3.39. The van der Waals surface area contributed by atoms with Gasteiger partial charge in [0.25, 0.3) is 0 Å². The maximum absolute atomic E-state index is 12.4. The first kappa shape index (κ1) is 15.5. The van der Waals surface area contributed by atoms with E-state index in [1.807, 2.05) is 66.7 Å². The molecule has 118 valence electrons. The van der Waals surface area contributed by atoms with Gasteiger partial charge in [-0.1, -0.05) is 48.5 Å². The van der Waals surface area contributed by atoms with Gasteiger partial charge in [0, 0.05) is 5.56 Å². The topological polar surface area (TPSA) is 67.9 Å². The van der Waals surface area contributed by atoms with Gasteiger partial charge in [-0.15, -0.1) is 0 Å². The Balaban J connectivity index is 2.31. The van der Waals surface area contributed by atoms with E-state index in [-0.39, 0.29) is 17.9 Å². The zero-order valence-electron chi connectivity index (χ0n) is 13.1. The zero-order chi connectivity index (χ0) is 16.9. The van der Waals surface area contributed by atoms with Gasteiger partial charge in [0.15, 0.2) is 5.69 Å². The summed E-state index contributed by atoms with van der Waals surface area (Å²) in [4.78, 5) is 12.4. The molecule has 1 aromatic heterocycles. The molecule has 0 spiro atoms. The van der Waals surface area contributed by atoms with Crippen LogP contribution < -0.4 is 0 Å². The molecule has 0 bridgehead atoms. The van der Waals surface area contributed by atoms with Gasteiger partial charge in [0.05, 0.1) is 18.0 Å². The van der Waals surface area contributed by atoms with Gasteiger partial charge in [-0.05, 0) is 19.1 Å². The predicted molar refractivity (Wildman–Crippen MR) is 89.7 cm³/mol. The van der Waals surface area contributed by atoms with Crippen LogP contribution in [0.25, 0.3) is 16.9 Å². The average Bonchev–Trinajstić information content (AvgIpc) is 3.03. The van der Waals surface area contributed by atoms with Gasteiger partial charge in [0.1, 0.15) is 11.6 Å². The van der Waals surface area contributed by atoms with E-state index in [0.29, 0.717) is 5.69 Å². The van der Waals surface area contributed by atoms with Crippen LogP contribution in [0.3, 0.4) is 0 Å². The first-order valence-corrected chi connectivity index (χ1v) is 7.57. The standard InChI is InChI=1S/C19H15N3O2/c1-2-24-19(23)17-16(13-20)21-22(15-11-7-4-8-12-15)18(17)14-9-5-3-6-10-14/h3-12H,2H2,1H3. The maximum Gasteiger partial charge on any atom is 0.343 e. The van der Waals surface area contributed by atoms with Gasteiger partial charge in [-0.3, -0.25) is 0 Å². The third-order valence-corrected chi connectivity index (χ3v) is 3.52. The number of nitrogens with zero attached hydrogens (tertiary/aromatic N) is 3. The monoisotopic (exact) mass is 317 g/mol.